The molecular weight excluding hydrogens is 224 g/mol. The first-order valence-electron chi connectivity index (χ1n) is 6.63. The van der Waals surface area contributed by atoms with Crippen LogP contribution in [0.2, 0.25) is 0 Å². The van der Waals surface area contributed by atoms with Gasteiger partial charge in [-0.1, -0.05) is 6.92 Å². The monoisotopic (exact) mass is 242 g/mol. The molecule has 0 fully saturated rings. The van der Waals surface area contributed by atoms with Gasteiger partial charge >= 0.3 is 0 Å². The highest BCUT2D eigenvalue weighted by molar-refractivity contribution is 5.93. The summed E-state index contributed by atoms with van der Waals surface area (Å²) in [6, 6.07) is 6.01. The van der Waals surface area contributed by atoms with Crippen molar-refractivity contribution in [3.05, 3.63) is 29.5 Å². The number of rotatable bonds is 3. The fourth-order valence-electron chi connectivity index (χ4n) is 2.59. The molecular formula is C15H18N2O. The van der Waals surface area contributed by atoms with Crippen molar-refractivity contribution in [1.29, 1.82) is 0 Å². The van der Waals surface area contributed by atoms with Gasteiger partial charge in [0.15, 0.2) is 0 Å². The van der Waals surface area contributed by atoms with Gasteiger partial charge in [-0.2, -0.15) is 0 Å². The van der Waals surface area contributed by atoms with Gasteiger partial charge in [0.05, 0.1) is 12.1 Å². The van der Waals surface area contributed by atoms with E-state index in [2.05, 4.69) is 6.92 Å². The Morgan fingerprint density at radius 2 is 2.22 bits per heavy atom. The minimum absolute atomic E-state index is 0.740. The first-order valence-corrected chi connectivity index (χ1v) is 6.63. The predicted octanol–water partition coefficient (Wildman–Crippen LogP) is 3.09. The van der Waals surface area contributed by atoms with E-state index in [1.807, 2.05) is 18.2 Å². The third kappa shape index (κ3) is 1.80. The van der Waals surface area contributed by atoms with E-state index in [1.54, 1.807) is 0 Å². The SMILES string of the molecule is CCCOc1ccc2nc3c(c(N)c2c1)CCC3. The van der Waals surface area contributed by atoms with Crippen LogP contribution in [-0.2, 0) is 12.8 Å². The maximum absolute atomic E-state index is 6.27. The van der Waals surface area contributed by atoms with Gasteiger partial charge in [0.1, 0.15) is 5.75 Å². The number of fused-ring (bicyclic) bond motifs is 2. The molecule has 0 atom stereocenters. The Kier molecular flexibility index (Phi) is 2.82. The lowest BCUT2D eigenvalue weighted by molar-refractivity contribution is 0.318. The molecule has 0 spiro atoms. The minimum Gasteiger partial charge on any atom is -0.494 e. The van der Waals surface area contributed by atoms with Crippen LogP contribution in [0.5, 0.6) is 5.75 Å². The van der Waals surface area contributed by atoms with Crippen LogP contribution < -0.4 is 10.5 Å². The molecule has 0 unspecified atom stereocenters. The quantitative estimate of drug-likeness (QED) is 0.899. The number of hydrogen-bond acceptors (Lipinski definition) is 3. The average molecular weight is 242 g/mol. The molecule has 0 saturated carbocycles. The number of benzene rings is 1. The van der Waals surface area contributed by atoms with E-state index in [4.69, 9.17) is 15.5 Å². The zero-order chi connectivity index (χ0) is 12.5. The summed E-state index contributed by atoms with van der Waals surface area (Å²) in [6.07, 6.45) is 4.30. The predicted molar refractivity (Wildman–Crippen MR) is 74.0 cm³/mol. The second-order valence-corrected chi connectivity index (χ2v) is 4.83. The van der Waals surface area contributed by atoms with Crippen LogP contribution in [0.15, 0.2) is 18.2 Å². The lowest BCUT2D eigenvalue weighted by Gasteiger charge is -2.10. The molecule has 3 rings (SSSR count). The van der Waals surface area contributed by atoms with Crippen LogP contribution >= 0.6 is 0 Å². The average Bonchev–Trinajstić information content (AvgIpc) is 2.85. The topological polar surface area (TPSA) is 48.1 Å². The van der Waals surface area contributed by atoms with Crippen LogP contribution in [0.1, 0.15) is 31.0 Å². The zero-order valence-corrected chi connectivity index (χ0v) is 10.7. The van der Waals surface area contributed by atoms with E-state index in [0.717, 1.165) is 48.2 Å². The molecule has 3 nitrogen and oxygen atoms in total. The fourth-order valence-corrected chi connectivity index (χ4v) is 2.59. The molecule has 0 radical (unpaired) electrons. The van der Waals surface area contributed by atoms with Crippen molar-refractivity contribution in [2.75, 3.05) is 12.3 Å². The molecule has 0 amide bonds. The normalized spacial score (nSPS) is 13.8. The summed E-state index contributed by atoms with van der Waals surface area (Å²) in [5, 5.41) is 1.03. The number of ether oxygens (including phenoxy) is 1. The van der Waals surface area contributed by atoms with Crippen molar-refractivity contribution in [3.63, 3.8) is 0 Å². The number of aryl methyl sites for hydroxylation is 1. The van der Waals surface area contributed by atoms with Crippen molar-refractivity contribution in [3.8, 4) is 5.75 Å². The molecule has 1 heterocycles. The molecule has 1 aromatic heterocycles. The number of hydrogen-bond donors (Lipinski definition) is 1. The summed E-state index contributed by atoms with van der Waals surface area (Å²) in [5.41, 5.74) is 10.6. The molecule has 0 aliphatic heterocycles. The van der Waals surface area contributed by atoms with Crippen molar-refractivity contribution >= 4 is 16.6 Å². The van der Waals surface area contributed by atoms with Crippen molar-refractivity contribution in [2.24, 2.45) is 0 Å². The Balaban J connectivity index is 2.10. The highest BCUT2D eigenvalue weighted by atomic mass is 16.5. The molecule has 0 bridgehead atoms. The van der Waals surface area contributed by atoms with E-state index in [-0.39, 0.29) is 0 Å². The smallest absolute Gasteiger partial charge is 0.120 e. The summed E-state index contributed by atoms with van der Waals surface area (Å²) in [4.78, 5) is 4.70. The van der Waals surface area contributed by atoms with Gasteiger partial charge in [-0.25, -0.2) is 0 Å². The Morgan fingerprint density at radius 3 is 3.06 bits per heavy atom. The molecule has 2 N–H and O–H groups in total. The zero-order valence-electron chi connectivity index (χ0n) is 10.7. The largest absolute Gasteiger partial charge is 0.494 e. The summed E-state index contributed by atoms with van der Waals surface area (Å²) in [6.45, 7) is 2.84. The number of nitrogens with two attached hydrogens (primary N) is 1. The highest BCUT2D eigenvalue weighted by Crippen LogP contribution is 2.33. The van der Waals surface area contributed by atoms with Crippen LogP contribution in [-0.4, -0.2) is 11.6 Å². The maximum Gasteiger partial charge on any atom is 0.120 e. The standard InChI is InChI=1S/C15H18N2O/c1-2-8-18-10-6-7-14-12(9-10)15(16)11-4-3-5-13(11)17-14/h6-7,9H,2-5,8H2,1H3,(H2,16,17). The Hall–Kier alpha value is -1.77. The first-order chi connectivity index (χ1) is 8.79. The number of nitrogens with zero attached hydrogens (tertiary/aromatic N) is 1. The van der Waals surface area contributed by atoms with Gasteiger partial charge in [-0.15, -0.1) is 0 Å². The molecule has 1 aliphatic rings. The van der Waals surface area contributed by atoms with E-state index < -0.39 is 0 Å². The molecule has 18 heavy (non-hydrogen) atoms. The van der Waals surface area contributed by atoms with E-state index >= 15 is 0 Å². The fraction of sp³-hybridized carbons (Fsp3) is 0.400. The Labute approximate surface area is 107 Å². The summed E-state index contributed by atoms with van der Waals surface area (Å²) >= 11 is 0. The van der Waals surface area contributed by atoms with Crippen LogP contribution in [0.25, 0.3) is 10.9 Å². The second kappa shape index (κ2) is 4.48. The third-order valence-electron chi connectivity index (χ3n) is 3.50. The van der Waals surface area contributed by atoms with Gasteiger partial charge < -0.3 is 10.5 Å². The molecule has 1 aliphatic carbocycles. The Morgan fingerprint density at radius 1 is 1.33 bits per heavy atom. The van der Waals surface area contributed by atoms with Gasteiger partial charge in [0.25, 0.3) is 0 Å². The molecule has 1 aromatic carbocycles. The third-order valence-corrected chi connectivity index (χ3v) is 3.50. The second-order valence-electron chi connectivity index (χ2n) is 4.83. The number of pyridine rings is 1. The van der Waals surface area contributed by atoms with Crippen molar-refractivity contribution < 1.29 is 4.74 Å². The maximum atomic E-state index is 6.27. The van der Waals surface area contributed by atoms with Gasteiger partial charge in [0, 0.05) is 16.8 Å². The summed E-state index contributed by atoms with van der Waals surface area (Å²) in [5.74, 6) is 0.885. The van der Waals surface area contributed by atoms with Crippen LogP contribution in [0.3, 0.4) is 0 Å². The number of aromatic nitrogens is 1. The van der Waals surface area contributed by atoms with Crippen molar-refractivity contribution in [1.82, 2.24) is 4.98 Å². The lowest BCUT2D eigenvalue weighted by Crippen LogP contribution is -2.00. The van der Waals surface area contributed by atoms with Gasteiger partial charge in [0.2, 0.25) is 0 Å². The molecule has 94 valence electrons. The van der Waals surface area contributed by atoms with E-state index in [0.29, 0.717) is 0 Å². The van der Waals surface area contributed by atoms with E-state index in [9.17, 15) is 0 Å². The lowest BCUT2D eigenvalue weighted by atomic mass is 10.1. The van der Waals surface area contributed by atoms with Gasteiger partial charge in [-0.05, 0) is 49.4 Å². The van der Waals surface area contributed by atoms with Crippen molar-refractivity contribution in [2.45, 2.75) is 32.6 Å². The summed E-state index contributed by atoms with van der Waals surface area (Å²) < 4.78 is 5.65. The minimum atomic E-state index is 0.740. The molecule has 2 aromatic rings. The first kappa shape index (κ1) is 11.3. The summed E-state index contributed by atoms with van der Waals surface area (Å²) in [7, 11) is 0. The molecule has 0 saturated heterocycles. The van der Waals surface area contributed by atoms with Crippen LogP contribution in [0.4, 0.5) is 5.69 Å². The Bertz CT molecular complexity index is 593. The van der Waals surface area contributed by atoms with E-state index in [1.165, 1.54) is 17.7 Å². The highest BCUT2D eigenvalue weighted by Gasteiger charge is 2.17. The number of anilines is 1. The number of nitrogen functional groups attached to an aromatic ring is 1. The molecule has 3 heteroatoms. The van der Waals surface area contributed by atoms with Crippen LogP contribution in [0, 0.1) is 0 Å². The van der Waals surface area contributed by atoms with Gasteiger partial charge in [-0.3, -0.25) is 4.98 Å².